The van der Waals surface area contributed by atoms with Gasteiger partial charge in [0.15, 0.2) is 0 Å². The molecule has 0 aliphatic heterocycles. The highest BCUT2D eigenvalue weighted by atomic mass is 16.5. The third kappa shape index (κ3) is 4.52. The molecule has 3 heteroatoms. The number of ether oxygens (including phenoxy) is 1. The summed E-state index contributed by atoms with van der Waals surface area (Å²) in [7, 11) is 0. The van der Waals surface area contributed by atoms with Crippen molar-refractivity contribution < 1.29 is 4.74 Å². The maximum atomic E-state index is 6.79. The van der Waals surface area contributed by atoms with Crippen molar-refractivity contribution in [2.24, 2.45) is 0 Å². The average molecular weight is 593 g/mol. The van der Waals surface area contributed by atoms with Gasteiger partial charge in [-0.05, 0) is 119 Å². The van der Waals surface area contributed by atoms with Gasteiger partial charge in [-0.15, -0.1) is 0 Å². The van der Waals surface area contributed by atoms with Gasteiger partial charge in [0.25, 0.3) is 0 Å². The van der Waals surface area contributed by atoms with E-state index in [0.717, 1.165) is 39.6 Å². The molecule has 1 aliphatic rings. The fourth-order valence-corrected chi connectivity index (χ4v) is 7.24. The van der Waals surface area contributed by atoms with Gasteiger partial charge in [-0.1, -0.05) is 91.0 Å². The summed E-state index contributed by atoms with van der Waals surface area (Å²) in [4.78, 5) is 9.65. The van der Waals surface area contributed by atoms with Gasteiger partial charge in [0.05, 0.1) is 16.8 Å². The van der Waals surface area contributed by atoms with Crippen LogP contribution in [0.5, 0.6) is 11.5 Å². The number of rotatable bonds is 6. The predicted octanol–water partition coefficient (Wildman–Crippen LogP) is 10.6. The van der Waals surface area contributed by atoms with Gasteiger partial charge < -0.3 is 4.74 Å². The Bertz CT molecular complexity index is 2140. The van der Waals surface area contributed by atoms with Crippen molar-refractivity contribution in [2.75, 3.05) is 0 Å². The summed E-state index contributed by atoms with van der Waals surface area (Å²) in [5.74, 6) is 1.53. The van der Waals surface area contributed by atoms with E-state index in [4.69, 9.17) is 9.72 Å². The van der Waals surface area contributed by atoms with Gasteiger partial charge in [-0.2, -0.15) is 0 Å². The Morgan fingerprint density at radius 1 is 0.500 bits per heavy atom. The highest BCUT2D eigenvalue weighted by Crippen LogP contribution is 2.55. The monoisotopic (exact) mass is 592 g/mol. The third-order valence-corrected chi connectivity index (χ3v) is 9.14. The predicted molar refractivity (Wildman–Crippen MR) is 186 cm³/mol. The second kappa shape index (κ2) is 11.3. The van der Waals surface area contributed by atoms with Crippen LogP contribution in [0.2, 0.25) is 0 Å². The number of hydrogen-bond donors (Lipinski definition) is 0. The molecule has 0 saturated heterocycles. The second-order valence-corrected chi connectivity index (χ2v) is 11.9. The second-order valence-electron chi connectivity index (χ2n) is 11.9. The van der Waals surface area contributed by atoms with Crippen LogP contribution in [0.4, 0.5) is 0 Å². The highest BCUT2D eigenvalue weighted by Gasteiger charge is 2.47. The Morgan fingerprint density at radius 3 is 1.80 bits per heavy atom. The molecule has 2 heterocycles. The van der Waals surface area contributed by atoms with Crippen molar-refractivity contribution in [1.82, 2.24) is 9.97 Å². The van der Waals surface area contributed by atoms with Crippen LogP contribution in [0.15, 0.2) is 158 Å². The fraction of sp³-hybridized carbons (Fsp3) is 0.0698. The van der Waals surface area contributed by atoms with Gasteiger partial charge >= 0.3 is 0 Å². The van der Waals surface area contributed by atoms with Gasteiger partial charge in [0, 0.05) is 18.0 Å². The van der Waals surface area contributed by atoms with E-state index < -0.39 is 5.41 Å². The summed E-state index contributed by atoms with van der Waals surface area (Å²) < 4.78 is 6.79. The Morgan fingerprint density at radius 2 is 1.13 bits per heavy atom. The van der Waals surface area contributed by atoms with Crippen molar-refractivity contribution >= 4 is 0 Å². The molecule has 0 atom stereocenters. The number of aryl methyl sites for hydroxylation is 2. The molecule has 0 N–H and O–H groups in total. The molecule has 0 amide bonds. The van der Waals surface area contributed by atoms with Crippen LogP contribution in [-0.4, -0.2) is 9.97 Å². The lowest BCUT2D eigenvalue weighted by Crippen LogP contribution is -2.29. The molecule has 0 radical (unpaired) electrons. The first kappa shape index (κ1) is 27.7. The van der Waals surface area contributed by atoms with Crippen molar-refractivity contribution in [3.8, 4) is 45.0 Å². The van der Waals surface area contributed by atoms with Crippen molar-refractivity contribution in [3.63, 3.8) is 0 Å². The number of fused-ring (bicyclic) bond motifs is 3. The molecule has 5 aromatic carbocycles. The van der Waals surface area contributed by atoms with Crippen LogP contribution in [0, 0.1) is 13.8 Å². The van der Waals surface area contributed by atoms with E-state index >= 15 is 0 Å². The van der Waals surface area contributed by atoms with Crippen LogP contribution < -0.4 is 4.74 Å². The topological polar surface area (TPSA) is 35.0 Å². The van der Waals surface area contributed by atoms with E-state index in [1.807, 2.05) is 42.7 Å². The van der Waals surface area contributed by atoms with E-state index in [9.17, 15) is 0 Å². The van der Waals surface area contributed by atoms with Crippen LogP contribution >= 0.6 is 0 Å². The summed E-state index contributed by atoms with van der Waals surface area (Å²) in [6.07, 6.45) is 3.72. The molecule has 0 fully saturated rings. The molecule has 0 spiro atoms. The van der Waals surface area contributed by atoms with E-state index in [0.29, 0.717) is 0 Å². The van der Waals surface area contributed by atoms with E-state index in [1.54, 1.807) is 0 Å². The minimum atomic E-state index is -0.590. The summed E-state index contributed by atoms with van der Waals surface area (Å²) in [5.41, 5.74) is 13.1. The number of pyridine rings is 2. The van der Waals surface area contributed by atoms with Crippen LogP contribution in [0.3, 0.4) is 0 Å². The first-order valence-corrected chi connectivity index (χ1v) is 15.7. The van der Waals surface area contributed by atoms with Crippen molar-refractivity contribution in [3.05, 3.63) is 191 Å². The van der Waals surface area contributed by atoms with Crippen LogP contribution in [-0.2, 0) is 5.41 Å². The Labute approximate surface area is 269 Å². The third-order valence-electron chi connectivity index (χ3n) is 9.14. The average Bonchev–Trinajstić information content (AvgIpc) is 3.40. The van der Waals surface area contributed by atoms with Gasteiger partial charge in [0.2, 0.25) is 0 Å². The van der Waals surface area contributed by atoms with Crippen molar-refractivity contribution in [1.29, 1.82) is 0 Å². The quantitative estimate of drug-likeness (QED) is 0.193. The van der Waals surface area contributed by atoms with Crippen LogP contribution in [0.1, 0.15) is 33.5 Å². The summed E-state index contributed by atoms with van der Waals surface area (Å²) in [6.45, 7) is 4.32. The minimum absolute atomic E-state index is 0.590. The molecular weight excluding hydrogens is 560 g/mol. The standard InChI is InChI=1S/C43H32N2O/c1-29-13-11-14-30(2)42(29)32-25-31(40-21-7-9-23-44-40)26-35(27-32)46-34-16-12-15-33(28-34)43(41-22-8-10-24-45-41)38-19-5-3-17-36(38)37-18-4-6-20-39(37)43/h3-28H,1-2H3. The van der Waals surface area contributed by atoms with Crippen LogP contribution in [0.25, 0.3) is 33.5 Å². The maximum absolute atomic E-state index is 6.79. The first-order valence-electron chi connectivity index (χ1n) is 15.7. The number of hydrogen-bond acceptors (Lipinski definition) is 3. The molecule has 8 rings (SSSR count). The lowest BCUT2D eigenvalue weighted by Gasteiger charge is -2.32. The Hall–Kier alpha value is -5.80. The molecule has 2 aromatic heterocycles. The Balaban J connectivity index is 1.30. The van der Waals surface area contributed by atoms with E-state index in [2.05, 4.69) is 134 Å². The molecule has 0 unspecified atom stereocenters. The lowest BCUT2D eigenvalue weighted by molar-refractivity contribution is 0.481. The molecular formula is C43H32N2O. The molecule has 220 valence electrons. The zero-order chi connectivity index (χ0) is 31.1. The molecule has 0 bridgehead atoms. The molecule has 1 aliphatic carbocycles. The smallest absolute Gasteiger partial charge is 0.128 e. The Kier molecular flexibility index (Phi) is 6.80. The molecule has 3 nitrogen and oxygen atoms in total. The first-order chi connectivity index (χ1) is 22.6. The van der Waals surface area contributed by atoms with E-state index in [-0.39, 0.29) is 0 Å². The summed E-state index contributed by atoms with van der Waals surface area (Å²) in [5, 5.41) is 0. The van der Waals surface area contributed by atoms with Crippen molar-refractivity contribution in [2.45, 2.75) is 19.3 Å². The van der Waals surface area contributed by atoms with Gasteiger partial charge in [-0.3, -0.25) is 9.97 Å². The number of benzene rings is 5. The molecule has 7 aromatic rings. The normalized spacial score (nSPS) is 12.7. The van der Waals surface area contributed by atoms with Gasteiger partial charge in [0.1, 0.15) is 11.5 Å². The zero-order valence-electron chi connectivity index (χ0n) is 25.8. The fourth-order valence-electron chi connectivity index (χ4n) is 7.24. The lowest BCUT2D eigenvalue weighted by atomic mass is 9.70. The largest absolute Gasteiger partial charge is 0.457 e. The van der Waals surface area contributed by atoms with E-state index in [1.165, 1.54) is 38.9 Å². The minimum Gasteiger partial charge on any atom is -0.457 e. The summed E-state index contributed by atoms with van der Waals surface area (Å²) >= 11 is 0. The SMILES string of the molecule is Cc1cccc(C)c1-c1cc(Oc2cccc(C3(c4ccccn4)c4ccccc4-c4ccccc43)c2)cc(-c2ccccn2)c1. The zero-order valence-corrected chi connectivity index (χ0v) is 25.8. The number of aromatic nitrogens is 2. The summed E-state index contributed by atoms with van der Waals surface area (Å²) in [6, 6.07) is 51.0. The highest BCUT2D eigenvalue weighted by molar-refractivity contribution is 5.86. The molecule has 0 saturated carbocycles. The van der Waals surface area contributed by atoms with Gasteiger partial charge in [-0.25, -0.2) is 0 Å². The number of nitrogens with zero attached hydrogens (tertiary/aromatic N) is 2. The molecule has 46 heavy (non-hydrogen) atoms. The maximum Gasteiger partial charge on any atom is 0.128 e.